The van der Waals surface area contributed by atoms with Crippen LogP contribution in [-0.4, -0.2) is 44.7 Å². The molecule has 7 heteroatoms. The average Bonchev–Trinajstić information content (AvgIpc) is 2.67. The van der Waals surface area contributed by atoms with Crippen LogP contribution in [0, 0.1) is 0 Å². The normalized spacial score (nSPS) is 12.0. The van der Waals surface area contributed by atoms with Crippen molar-refractivity contribution in [2.75, 3.05) is 33.1 Å². The van der Waals surface area contributed by atoms with E-state index in [2.05, 4.69) is 5.32 Å². The molecule has 27 heavy (non-hydrogen) atoms. The predicted octanol–water partition coefficient (Wildman–Crippen LogP) is 4.51. The van der Waals surface area contributed by atoms with Crippen molar-refractivity contribution in [2.24, 2.45) is 0 Å². The van der Waals surface area contributed by atoms with Crippen molar-refractivity contribution in [2.45, 2.75) is 19.4 Å². The van der Waals surface area contributed by atoms with Gasteiger partial charge in [0.1, 0.15) is 0 Å². The zero-order valence-corrected chi connectivity index (χ0v) is 17.4. The number of benzene rings is 2. The summed E-state index contributed by atoms with van der Waals surface area (Å²) in [4.78, 5) is 14.5. The maximum atomic E-state index is 12.5. The first kappa shape index (κ1) is 21.4. The zero-order chi connectivity index (χ0) is 20.0. The van der Waals surface area contributed by atoms with E-state index in [9.17, 15) is 4.79 Å². The van der Waals surface area contributed by atoms with Crippen LogP contribution in [0.5, 0.6) is 11.5 Å². The molecule has 0 aliphatic heterocycles. The Morgan fingerprint density at radius 1 is 1.11 bits per heavy atom. The van der Waals surface area contributed by atoms with Gasteiger partial charge in [-0.3, -0.25) is 9.69 Å². The minimum absolute atomic E-state index is 0.131. The van der Waals surface area contributed by atoms with Crippen molar-refractivity contribution >= 4 is 34.8 Å². The molecule has 2 aromatic carbocycles. The van der Waals surface area contributed by atoms with E-state index in [1.54, 1.807) is 32.4 Å². The number of carbonyl (C=O) groups excluding carboxylic acids is 1. The van der Waals surface area contributed by atoms with Crippen molar-refractivity contribution in [3.63, 3.8) is 0 Å². The van der Waals surface area contributed by atoms with Crippen LogP contribution in [-0.2, 0) is 11.2 Å². The van der Waals surface area contributed by atoms with Gasteiger partial charge in [0.25, 0.3) is 0 Å². The molecule has 0 fully saturated rings. The zero-order valence-electron chi connectivity index (χ0n) is 15.9. The van der Waals surface area contributed by atoms with Crippen molar-refractivity contribution in [3.05, 3.63) is 52.0 Å². The van der Waals surface area contributed by atoms with Gasteiger partial charge in [-0.05, 0) is 56.3 Å². The Hall–Kier alpha value is -1.95. The molecule has 1 atom stereocenters. The highest BCUT2D eigenvalue weighted by molar-refractivity contribution is 6.36. The number of nitrogens with zero attached hydrogens (tertiary/aromatic N) is 1. The number of ether oxygens (including phenoxy) is 2. The number of amides is 1. The second kappa shape index (κ2) is 9.83. The summed E-state index contributed by atoms with van der Waals surface area (Å²) >= 11 is 12.0. The molecule has 1 amide bonds. The quantitative estimate of drug-likeness (QED) is 0.695. The third kappa shape index (κ3) is 5.76. The van der Waals surface area contributed by atoms with Crippen LogP contribution < -0.4 is 14.8 Å². The van der Waals surface area contributed by atoms with Gasteiger partial charge in [-0.15, -0.1) is 0 Å². The first-order valence-electron chi connectivity index (χ1n) is 8.52. The smallest absolute Gasteiger partial charge is 0.241 e. The Morgan fingerprint density at radius 2 is 1.81 bits per heavy atom. The lowest BCUT2D eigenvalue weighted by atomic mass is 10.1. The predicted molar refractivity (Wildman–Crippen MR) is 110 cm³/mol. The maximum Gasteiger partial charge on any atom is 0.241 e. The molecule has 146 valence electrons. The summed E-state index contributed by atoms with van der Waals surface area (Å²) in [6.45, 7) is 2.56. The van der Waals surface area contributed by atoms with E-state index in [1.807, 2.05) is 37.1 Å². The van der Waals surface area contributed by atoms with Gasteiger partial charge in [0, 0.05) is 11.6 Å². The molecule has 0 unspecified atom stereocenters. The lowest BCUT2D eigenvalue weighted by Gasteiger charge is -2.24. The molecule has 5 nitrogen and oxygen atoms in total. The Kier molecular flexibility index (Phi) is 7.78. The number of hydrogen-bond donors (Lipinski definition) is 1. The Bertz CT molecular complexity index is 799. The van der Waals surface area contributed by atoms with Crippen LogP contribution >= 0.6 is 23.2 Å². The van der Waals surface area contributed by atoms with Crippen LogP contribution in [0.3, 0.4) is 0 Å². The van der Waals surface area contributed by atoms with E-state index in [0.29, 0.717) is 33.8 Å². The largest absolute Gasteiger partial charge is 0.493 e. The summed E-state index contributed by atoms with van der Waals surface area (Å²) < 4.78 is 10.6. The fourth-order valence-corrected chi connectivity index (χ4v) is 3.02. The molecule has 0 spiro atoms. The van der Waals surface area contributed by atoms with Crippen LogP contribution in [0.4, 0.5) is 5.69 Å². The molecule has 0 bridgehead atoms. The van der Waals surface area contributed by atoms with Gasteiger partial charge in [0.15, 0.2) is 11.5 Å². The standard InChI is InChI=1S/C20H24Cl2N2O3/c1-13(20(25)23-17-7-6-15(21)12-16(17)22)24(2)10-9-14-5-8-18(26-3)19(11-14)27-4/h5-8,11-13H,9-10H2,1-4H3,(H,23,25)/t13-/m0/s1. The van der Waals surface area contributed by atoms with Gasteiger partial charge < -0.3 is 14.8 Å². The van der Waals surface area contributed by atoms with E-state index in [0.717, 1.165) is 12.0 Å². The molecule has 2 rings (SSSR count). The van der Waals surface area contributed by atoms with Crippen LogP contribution in [0.15, 0.2) is 36.4 Å². The topological polar surface area (TPSA) is 50.8 Å². The van der Waals surface area contributed by atoms with E-state index in [1.165, 1.54) is 0 Å². The number of carbonyl (C=O) groups is 1. The second-order valence-electron chi connectivity index (χ2n) is 6.21. The van der Waals surface area contributed by atoms with E-state index in [-0.39, 0.29) is 11.9 Å². The van der Waals surface area contributed by atoms with Gasteiger partial charge in [0.2, 0.25) is 5.91 Å². The molecule has 0 aromatic heterocycles. The summed E-state index contributed by atoms with van der Waals surface area (Å²) in [7, 11) is 5.13. The fourth-order valence-electron chi connectivity index (χ4n) is 2.56. The van der Waals surface area contributed by atoms with Gasteiger partial charge in [-0.2, -0.15) is 0 Å². The van der Waals surface area contributed by atoms with E-state index < -0.39 is 0 Å². The third-order valence-electron chi connectivity index (χ3n) is 4.43. The lowest BCUT2D eigenvalue weighted by molar-refractivity contribution is -0.120. The van der Waals surface area contributed by atoms with Crippen LogP contribution in [0.2, 0.25) is 10.0 Å². The monoisotopic (exact) mass is 410 g/mol. The third-order valence-corrected chi connectivity index (χ3v) is 4.98. The molecule has 0 heterocycles. The number of rotatable bonds is 8. The van der Waals surface area contributed by atoms with Gasteiger partial charge >= 0.3 is 0 Å². The molecular weight excluding hydrogens is 387 g/mol. The highest BCUT2D eigenvalue weighted by Crippen LogP contribution is 2.28. The fraction of sp³-hybridized carbons (Fsp3) is 0.350. The Morgan fingerprint density at radius 3 is 2.44 bits per heavy atom. The molecule has 2 aromatic rings. The second-order valence-corrected chi connectivity index (χ2v) is 7.05. The summed E-state index contributed by atoms with van der Waals surface area (Å²) in [6, 6.07) is 10.5. The summed E-state index contributed by atoms with van der Waals surface area (Å²) in [5.41, 5.74) is 1.65. The Balaban J connectivity index is 1.94. The highest BCUT2D eigenvalue weighted by atomic mass is 35.5. The van der Waals surface area contributed by atoms with Crippen molar-refractivity contribution < 1.29 is 14.3 Å². The molecule has 0 saturated heterocycles. The van der Waals surface area contributed by atoms with Crippen molar-refractivity contribution in [1.29, 1.82) is 0 Å². The number of methoxy groups -OCH3 is 2. The summed E-state index contributed by atoms with van der Waals surface area (Å²) in [5.74, 6) is 1.26. The minimum Gasteiger partial charge on any atom is -0.493 e. The van der Waals surface area contributed by atoms with Gasteiger partial charge in [-0.25, -0.2) is 0 Å². The number of anilines is 1. The molecule has 0 saturated carbocycles. The Labute approximate surface area is 170 Å². The van der Waals surface area contributed by atoms with Crippen LogP contribution in [0.25, 0.3) is 0 Å². The molecule has 0 aliphatic carbocycles. The average molecular weight is 411 g/mol. The number of likely N-dealkylation sites (N-methyl/N-ethyl adjacent to an activating group) is 1. The highest BCUT2D eigenvalue weighted by Gasteiger charge is 2.19. The van der Waals surface area contributed by atoms with Crippen LogP contribution in [0.1, 0.15) is 12.5 Å². The number of hydrogen-bond acceptors (Lipinski definition) is 4. The van der Waals surface area contributed by atoms with E-state index >= 15 is 0 Å². The number of nitrogens with one attached hydrogen (secondary N) is 1. The van der Waals surface area contributed by atoms with Gasteiger partial charge in [-0.1, -0.05) is 29.3 Å². The molecule has 1 N–H and O–H groups in total. The lowest BCUT2D eigenvalue weighted by Crippen LogP contribution is -2.40. The summed E-state index contributed by atoms with van der Waals surface area (Å²) in [6.07, 6.45) is 0.774. The maximum absolute atomic E-state index is 12.5. The SMILES string of the molecule is COc1ccc(CCN(C)[C@@H](C)C(=O)Nc2ccc(Cl)cc2Cl)cc1OC. The first-order chi connectivity index (χ1) is 12.8. The first-order valence-corrected chi connectivity index (χ1v) is 9.28. The van der Waals surface area contributed by atoms with Gasteiger partial charge in [0.05, 0.1) is 31.0 Å². The molecule has 0 aliphatic rings. The number of halogens is 2. The summed E-state index contributed by atoms with van der Waals surface area (Å²) in [5, 5.41) is 3.78. The van der Waals surface area contributed by atoms with Crippen molar-refractivity contribution in [1.82, 2.24) is 4.90 Å². The van der Waals surface area contributed by atoms with E-state index in [4.69, 9.17) is 32.7 Å². The minimum atomic E-state index is -0.322. The molecular formula is C20H24Cl2N2O3. The van der Waals surface area contributed by atoms with Crippen molar-refractivity contribution in [3.8, 4) is 11.5 Å². The molecule has 0 radical (unpaired) electrons.